The molecule has 0 aromatic carbocycles. The summed E-state index contributed by atoms with van der Waals surface area (Å²) in [5.74, 6) is -1.24. The van der Waals surface area contributed by atoms with Gasteiger partial charge < -0.3 is 20.4 Å². The number of amides is 2. The van der Waals surface area contributed by atoms with Crippen LogP contribution in [0.25, 0.3) is 0 Å². The molecule has 0 fully saturated rings. The van der Waals surface area contributed by atoms with E-state index in [0.717, 1.165) is 19.3 Å². The van der Waals surface area contributed by atoms with Crippen molar-refractivity contribution in [2.45, 2.75) is 45.3 Å². The fourth-order valence-electron chi connectivity index (χ4n) is 1.33. The van der Waals surface area contributed by atoms with E-state index >= 15 is 0 Å². The molecule has 100 valence electrons. The number of hydrogen-bond donors (Lipinski definition) is 3. The predicted molar refractivity (Wildman–Crippen MR) is 63.8 cm³/mol. The molecule has 0 bridgehead atoms. The Morgan fingerprint density at radius 2 is 1.94 bits per heavy atom. The number of nitrogens with zero attached hydrogens (tertiary/aromatic N) is 1. The molecule has 0 rings (SSSR count). The molecule has 2 atom stereocenters. The average Bonchev–Trinajstić information content (AvgIpc) is 2.24. The van der Waals surface area contributed by atoms with E-state index in [0.29, 0.717) is 6.54 Å². The van der Waals surface area contributed by atoms with Gasteiger partial charge >= 0.3 is 12.0 Å². The third kappa shape index (κ3) is 6.11. The quantitative estimate of drug-likeness (QED) is 0.575. The Kier molecular flexibility index (Phi) is 7.29. The van der Waals surface area contributed by atoms with Crippen LogP contribution >= 0.6 is 0 Å². The van der Waals surface area contributed by atoms with Crippen molar-refractivity contribution in [2.24, 2.45) is 0 Å². The van der Waals surface area contributed by atoms with Crippen molar-refractivity contribution in [3.8, 4) is 0 Å². The molecule has 0 aliphatic rings. The molecule has 0 aromatic heterocycles. The number of carboxylic acid groups (broad SMARTS) is 1. The summed E-state index contributed by atoms with van der Waals surface area (Å²) in [7, 11) is 1.60. The van der Waals surface area contributed by atoms with E-state index in [4.69, 9.17) is 5.11 Å². The van der Waals surface area contributed by atoms with Crippen LogP contribution in [-0.4, -0.2) is 52.9 Å². The molecule has 0 saturated heterocycles. The number of rotatable bonds is 7. The largest absolute Gasteiger partial charge is 0.480 e. The molecule has 0 aromatic rings. The van der Waals surface area contributed by atoms with Crippen LogP contribution in [0.15, 0.2) is 0 Å². The van der Waals surface area contributed by atoms with Gasteiger partial charge in [0, 0.05) is 13.6 Å². The standard InChI is InChI=1S/C11H22N2O4/c1-4-5-6-7-13(3)11(17)12-9(8(2)14)10(15)16/h8-9,14H,4-7H2,1-3H3,(H,12,17)(H,15,16). The molecule has 2 amide bonds. The van der Waals surface area contributed by atoms with E-state index in [2.05, 4.69) is 12.2 Å². The highest BCUT2D eigenvalue weighted by Crippen LogP contribution is 1.99. The summed E-state index contributed by atoms with van der Waals surface area (Å²) in [6.07, 6.45) is 1.84. The summed E-state index contributed by atoms with van der Waals surface area (Å²) >= 11 is 0. The number of aliphatic hydroxyl groups excluding tert-OH is 1. The van der Waals surface area contributed by atoms with Gasteiger partial charge in [0.25, 0.3) is 0 Å². The second-order valence-electron chi connectivity index (χ2n) is 4.13. The van der Waals surface area contributed by atoms with Gasteiger partial charge in [0.1, 0.15) is 0 Å². The first-order valence-corrected chi connectivity index (χ1v) is 5.82. The molecule has 0 heterocycles. The van der Waals surface area contributed by atoms with Crippen LogP contribution < -0.4 is 5.32 Å². The van der Waals surface area contributed by atoms with Crippen molar-refractivity contribution in [2.75, 3.05) is 13.6 Å². The Labute approximate surface area is 102 Å². The SMILES string of the molecule is CCCCCN(C)C(=O)NC(C(=O)O)C(C)O. The molecule has 6 heteroatoms. The van der Waals surface area contributed by atoms with Gasteiger partial charge in [-0.3, -0.25) is 0 Å². The van der Waals surface area contributed by atoms with Gasteiger partial charge in [-0.2, -0.15) is 0 Å². The van der Waals surface area contributed by atoms with Gasteiger partial charge in [-0.15, -0.1) is 0 Å². The van der Waals surface area contributed by atoms with Crippen molar-refractivity contribution < 1.29 is 19.8 Å². The molecule has 0 aliphatic carbocycles. The summed E-state index contributed by atoms with van der Waals surface area (Å²) in [6.45, 7) is 3.97. The Hall–Kier alpha value is -1.30. The molecule has 0 aliphatic heterocycles. The number of aliphatic carboxylic acids is 1. The Balaban J connectivity index is 4.16. The second-order valence-corrected chi connectivity index (χ2v) is 4.13. The van der Waals surface area contributed by atoms with Gasteiger partial charge in [0.2, 0.25) is 0 Å². The summed E-state index contributed by atoms with van der Waals surface area (Å²) < 4.78 is 0. The minimum absolute atomic E-state index is 0.477. The van der Waals surface area contributed by atoms with Crippen LogP contribution in [0, 0.1) is 0 Å². The van der Waals surface area contributed by atoms with Gasteiger partial charge in [-0.25, -0.2) is 9.59 Å². The Morgan fingerprint density at radius 1 is 1.35 bits per heavy atom. The molecule has 6 nitrogen and oxygen atoms in total. The summed E-state index contributed by atoms with van der Waals surface area (Å²) in [5.41, 5.74) is 0. The fourth-order valence-corrected chi connectivity index (χ4v) is 1.33. The van der Waals surface area contributed by atoms with Gasteiger partial charge in [-0.1, -0.05) is 19.8 Å². The topological polar surface area (TPSA) is 89.9 Å². The molecule has 0 spiro atoms. The van der Waals surface area contributed by atoms with E-state index in [9.17, 15) is 14.7 Å². The normalized spacial score (nSPS) is 13.9. The van der Waals surface area contributed by atoms with Crippen molar-refractivity contribution in [3.05, 3.63) is 0 Å². The third-order valence-electron chi connectivity index (χ3n) is 2.47. The monoisotopic (exact) mass is 246 g/mol. The van der Waals surface area contributed by atoms with Crippen LogP contribution in [-0.2, 0) is 4.79 Å². The summed E-state index contributed by atoms with van der Waals surface area (Å²) in [6, 6.07) is -1.74. The molecule has 0 radical (unpaired) electrons. The van der Waals surface area contributed by atoms with E-state index in [-0.39, 0.29) is 0 Å². The number of unbranched alkanes of at least 4 members (excludes halogenated alkanes) is 2. The number of urea groups is 1. The minimum atomic E-state index is -1.27. The lowest BCUT2D eigenvalue weighted by atomic mass is 10.2. The fraction of sp³-hybridized carbons (Fsp3) is 0.818. The highest BCUT2D eigenvalue weighted by Gasteiger charge is 2.25. The van der Waals surface area contributed by atoms with Crippen molar-refractivity contribution in [3.63, 3.8) is 0 Å². The lowest BCUT2D eigenvalue weighted by Gasteiger charge is -2.22. The van der Waals surface area contributed by atoms with E-state index < -0.39 is 24.1 Å². The number of hydrogen-bond acceptors (Lipinski definition) is 3. The van der Waals surface area contributed by atoms with Crippen LogP contribution in [0.1, 0.15) is 33.1 Å². The third-order valence-corrected chi connectivity index (χ3v) is 2.47. The molecule has 0 saturated carbocycles. The number of carbonyl (C=O) groups is 2. The van der Waals surface area contributed by atoms with Crippen LogP contribution in [0.5, 0.6) is 0 Å². The number of carboxylic acids is 1. The number of aliphatic hydroxyl groups is 1. The maximum Gasteiger partial charge on any atom is 0.328 e. The molecular weight excluding hydrogens is 224 g/mol. The first kappa shape index (κ1) is 15.7. The van der Waals surface area contributed by atoms with E-state index in [1.807, 2.05) is 0 Å². The highest BCUT2D eigenvalue weighted by molar-refractivity contribution is 5.82. The lowest BCUT2D eigenvalue weighted by molar-refractivity contribution is -0.141. The number of nitrogens with one attached hydrogen (secondary N) is 1. The molecule has 17 heavy (non-hydrogen) atoms. The Bertz CT molecular complexity index is 256. The zero-order valence-electron chi connectivity index (χ0n) is 10.6. The predicted octanol–water partition coefficient (Wildman–Crippen LogP) is 0.652. The lowest BCUT2D eigenvalue weighted by Crippen LogP contribution is -2.51. The first-order chi connectivity index (χ1) is 7.90. The Morgan fingerprint density at radius 3 is 2.35 bits per heavy atom. The summed E-state index contributed by atoms with van der Waals surface area (Å²) in [5, 5.41) is 20.3. The van der Waals surface area contributed by atoms with Gasteiger partial charge in [0.05, 0.1) is 6.10 Å². The van der Waals surface area contributed by atoms with Gasteiger partial charge in [0.15, 0.2) is 6.04 Å². The minimum Gasteiger partial charge on any atom is -0.480 e. The van der Waals surface area contributed by atoms with Crippen molar-refractivity contribution >= 4 is 12.0 Å². The molecular formula is C11H22N2O4. The molecule has 3 N–H and O–H groups in total. The van der Waals surface area contributed by atoms with E-state index in [1.165, 1.54) is 11.8 Å². The maximum absolute atomic E-state index is 11.6. The maximum atomic E-state index is 11.6. The zero-order chi connectivity index (χ0) is 13.4. The highest BCUT2D eigenvalue weighted by atomic mass is 16.4. The first-order valence-electron chi connectivity index (χ1n) is 5.82. The zero-order valence-corrected chi connectivity index (χ0v) is 10.6. The average molecular weight is 246 g/mol. The van der Waals surface area contributed by atoms with Gasteiger partial charge in [-0.05, 0) is 13.3 Å². The van der Waals surface area contributed by atoms with Crippen molar-refractivity contribution in [1.82, 2.24) is 10.2 Å². The van der Waals surface area contributed by atoms with Crippen LogP contribution in [0.2, 0.25) is 0 Å². The smallest absolute Gasteiger partial charge is 0.328 e. The second kappa shape index (κ2) is 7.89. The van der Waals surface area contributed by atoms with Crippen LogP contribution in [0.4, 0.5) is 4.79 Å². The van der Waals surface area contributed by atoms with Crippen LogP contribution in [0.3, 0.4) is 0 Å². The van der Waals surface area contributed by atoms with E-state index in [1.54, 1.807) is 7.05 Å². The summed E-state index contributed by atoms with van der Waals surface area (Å²) in [4.78, 5) is 23.8. The number of carbonyl (C=O) groups excluding carboxylic acids is 1. The van der Waals surface area contributed by atoms with Crippen molar-refractivity contribution in [1.29, 1.82) is 0 Å². The molecule has 2 unspecified atom stereocenters.